The Bertz CT molecular complexity index is 773. The minimum absolute atomic E-state index is 0.0481. The summed E-state index contributed by atoms with van der Waals surface area (Å²) < 4.78 is 37.8. The Morgan fingerprint density at radius 2 is 1.59 bits per heavy atom. The molecule has 0 heterocycles. The van der Waals surface area contributed by atoms with Gasteiger partial charge in [0.2, 0.25) is 5.91 Å². The molecule has 4 nitrogen and oxygen atoms in total. The predicted molar refractivity (Wildman–Crippen MR) is 94.3 cm³/mol. The molecule has 0 bridgehead atoms. The molecule has 0 radical (unpaired) electrons. The number of nitrogens with one attached hydrogen (secondary N) is 1. The zero-order chi connectivity index (χ0) is 20.0. The third-order valence-corrected chi connectivity index (χ3v) is 4.30. The standard InChI is InChI=1S/C20H20F3NO3/c1-13(14-7-9-16(10-8-14)20(21,22)23)11-18(25)24-12-17(19(26)27)15-5-3-2-4-6-15/h2-10,13,17H,11-12H2,1H3,(H,24,25)(H,26,27). The Morgan fingerprint density at radius 3 is 2.11 bits per heavy atom. The molecule has 0 spiro atoms. The summed E-state index contributed by atoms with van der Waals surface area (Å²) in [7, 11) is 0. The molecule has 2 N–H and O–H groups in total. The van der Waals surface area contributed by atoms with Crippen molar-refractivity contribution in [1.29, 1.82) is 0 Å². The van der Waals surface area contributed by atoms with Crippen molar-refractivity contribution in [2.45, 2.75) is 31.4 Å². The van der Waals surface area contributed by atoms with E-state index in [1.165, 1.54) is 12.1 Å². The molecule has 0 saturated carbocycles. The monoisotopic (exact) mass is 379 g/mol. The first-order valence-electron chi connectivity index (χ1n) is 8.40. The van der Waals surface area contributed by atoms with Gasteiger partial charge >= 0.3 is 12.1 Å². The van der Waals surface area contributed by atoms with Crippen molar-refractivity contribution in [1.82, 2.24) is 5.32 Å². The summed E-state index contributed by atoms with van der Waals surface area (Å²) in [6.45, 7) is 1.67. The molecule has 2 atom stereocenters. The van der Waals surface area contributed by atoms with Gasteiger partial charge in [0.25, 0.3) is 0 Å². The molecule has 0 aromatic heterocycles. The maximum Gasteiger partial charge on any atom is 0.416 e. The lowest BCUT2D eigenvalue weighted by Gasteiger charge is -2.16. The minimum Gasteiger partial charge on any atom is -0.481 e. The van der Waals surface area contributed by atoms with E-state index in [9.17, 15) is 27.9 Å². The van der Waals surface area contributed by atoms with Crippen molar-refractivity contribution < 1.29 is 27.9 Å². The largest absolute Gasteiger partial charge is 0.481 e. The van der Waals surface area contributed by atoms with Gasteiger partial charge in [0.1, 0.15) is 0 Å². The van der Waals surface area contributed by atoms with Gasteiger partial charge in [0.15, 0.2) is 0 Å². The van der Waals surface area contributed by atoms with Crippen LogP contribution in [0, 0.1) is 0 Å². The van der Waals surface area contributed by atoms with Crippen LogP contribution >= 0.6 is 0 Å². The maximum atomic E-state index is 12.6. The Hall–Kier alpha value is -2.83. The number of carbonyl (C=O) groups is 2. The van der Waals surface area contributed by atoms with Crippen LogP contribution in [-0.2, 0) is 15.8 Å². The van der Waals surface area contributed by atoms with Crippen molar-refractivity contribution in [2.24, 2.45) is 0 Å². The third kappa shape index (κ3) is 5.84. The van der Waals surface area contributed by atoms with Crippen LogP contribution in [0.15, 0.2) is 54.6 Å². The van der Waals surface area contributed by atoms with Crippen LogP contribution in [0.4, 0.5) is 13.2 Å². The number of halogens is 3. The lowest BCUT2D eigenvalue weighted by Crippen LogP contribution is -2.32. The van der Waals surface area contributed by atoms with E-state index in [-0.39, 0.29) is 24.8 Å². The van der Waals surface area contributed by atoms with Crippen LogP contribution in [0.25, 0.3) is 0 Å². The zero-order valence-electron chi connectivity index (χ0n) is 14.7. The van der Waals surface area contributed by atoms with Gasteiger partial charge in [0, 0.05) is 13.0 Å². The molecule has 0 fully saturated rings. The van der Waals surface area contributed by atoms with Crippen molar-refractivity contribution in [3.63, 3.8) is 0 Å². The Labute approximate surface area is 155 Å². The molecule has 0 aliphatic heterocycles. The van der Waals surface area contributed by atoms with Crippen LogP contribution in [0.2, 0.25) is 0 Å². The molecule has 0 saturated heterocycles. The highest BCUT2D eigenvalue weighted by Crippen LogP contribution is 2.30. The summed E-state index contributed by atoms with van der Waals surface area (Å²) in [4.78, 5) is 23.6. The summed E-state index contributed by atoms with van der Waals surface area (Å²) in [5, 5.41) is 11.9. The van der Waals surface area contributed by atoms with Gasteiger partial charge < -0.3 is 10.4 Å². The molecule has 2 aromatic carbocycles. The highest BCUT2D eigenvalue weighted by atomic mass is 19.4. The quantitative estimate of drug-likeness (QED) is 0.758. The van der Waals surface area contributed by atoms with Crippen LogP contribution < -0.4 is 5.32 Å². The van der Waals surface area contributed by atoms with E-state index < -0.39 is 23.6 Å². The van der Waals surface area contributed by atoms with Crippen molar-refractivity contribution >= 4 is 11.9 Å². The van der Waals surface area contributed by atoms with Gasteiger partial charge in [-0.3, -0.25) is 9.59 Å². The Morgan fingerprint density at radius 1 is 1.00 bits per heavy atom. The first-order valence-corrected chi connectivity index (χ1v) is 8.40. The molecule has 27 heavy (non-hydrogen) atoms. The number of carbonyl (C=O) groups excluding carboxylic acids is 1. The fourth-order valence-electron chi connectivity index (χ4n) is 2.72. The number of hydrogen-bond acceptors (Lipinski definition) is 2. The second-order valence-electron chi connectivity index (χ2n) is 6.33. The van der Waals surface area contributed by atoms with Crippen LogP contribution in [0.5, 0.6) is 0 Å². The molecule has 0 aliphatic carbocycles. The number of hydrogen-bond donors (Lipinski definition) is 2. The van der Waals surface area contributed by atoms with Crippen molar-refractivity contribution in [3.05, 3.63) is 71.3 Å². The molecule has 2 unspecified atom stereocenters. The number of benzene rings is 2. The highest BCUT2D eigenvalue weighted by Gasteiger charge is 2.30. The molecule has 2 aromatic rings. The summed E-state index contributed by atoms with van der Waals surface area (Å²) in [6, 6.07) is 13.2. The van der Waals surface area contributed by atoms with E-state index in [4.69, 9.17) is 0 Å². The van der Waals surface area contributed by atoms with Crippen LogP contribution in [0.3, 0.4) is 0 Å². The fraction of sp³-hybridized carbons (Fsp3) is 0.300. The average molecular weight is 379 g/mol. The molecule has 144 valence electrons. The van der Waals surface area contributed by atoms with Gasteiger partial charge in [-0.2, -0.15) is 13.2 Å². The normalized spacial score (nSPS) is 13.6. The summed E-state index contributed by atoms with van der Waals surface area (Å²) in [5.74, 6) is -2.56. The summed E-state index contributed by atoms with van der Waals surface area (Å²) in [5.41, 5.74) is 0.451. The molecule has 0 aliphatic rings. The second kappa shape index (κ2) is 8.70. The Kier molecular flexibility index (Phi) is 6.60. The van der Waals surface area contributed by atoms with Gasteiger partial charge in [-0.05, 0) is 29.2 Å². The fourth-order valence-corrected chi connectivity index (χ4v) is 2.72. The average Bonchev–Trinajstić information content (AvgIpc) is 2.62. The smallest absolute Gasteiger partial charge is 0.416 e. The molecule has 2 rings (SSSR count). The third-order valence-electron chi connectivity index (χ3n) is 4.30. The van der Waals surface area contributed by atoms with E-state index >= 15 is 0 Å². The first-order chi connectivity index (χ1) is 12.7. The van der Waals surface area contributed by atoms with Gasteiger partial charge in [-0.15, -0.1) is 0 Å². The van der Waals surface area contributed by atoms with E-state index in [2.05, 4.69) is 5.32 Å². The SMILES string of the molecule is CC(CC(=O)NCC(C(=O)O)c1ccccc1)c1ccc(C(F)(F)F)cc1. The minimum atomic E-state index is -4.40. The lowest BCUT2D eigenvalue weighted by atomic mass is 9.95. The molecule has 1 amide bonds. The van der Waals surface area contributed by atoms with Crippen LogP contribution in [-0.4, -0.2) is 23.5 Å². The number of carboxylic acid groups (broad SMARTS) is 1. The maximum absolute atomic E-state index is 12.6. The highest BCUT2D eigenvalue weighted by molar-refractivity contribution is 5.80. The van der Waals surface area contributed by atoms with Gasteiger partial charge in [-0.25, -0.2) is 0 Å². The van der Waals surface area contributed by atoms with E-state index in [0.717, 1.165) is 12.1 Å². The van der Waals surface area contributed by atoms with Crippen LogP contribution in [0.1, 0.15) is 41.9 Å². The topological polar surface area (TPSA) is 66.4 Å². The molecular weight excluding hydrogens is 359 g/mol. The van der Waals surface area contributed by atoms with Gasteiger partial charge in [-0.1, -0.05) is 49.4 Å². The Balaban J connectivity index is 1.93. The number of aliphatic carboxylic acids is 1. The van der Waals surface area contributed by atoms with E-state index in [1.54, 1.807) is 37.3 Å². The second-order valence-corrected chi connectivity index (χ2v) is 6.33. The first kappa shape index (κ1) is 20.5. The number of carboxylic acids is 1. The predicted octanol–water partition coefficient (Wildman–Crippen LogP) is 4.18. The van der Waals surface area contributed by atoms with Crippen molar-refractivity contribution in [2.75, 3.05) is 6.54 Å². The van der Waals surface area contributed by atoms with E-state index in [1.807, 2.05) is 0 Å². The number of alkyl halides is 3. The lowest BCUT2D eigenvalue weighted by molar-refractivity contribution is -0.139. The number of amides is 1. The molecular formula is C20H20F3NO3. The van der Waals surface area contributed by atoms with Gasteiger partial charge in [0.05, 0.1) is 11.5 Å². The number of rotatable bonds is 7. The zero-order valence-corrected chi connectivity index (χ0v) is 14.7. The molecule has 7 heteroatoms. The summed E-state index contributed by atoms with van der Waals surface area (Å²) in [6.07, 6.45) is -4.35. The van der Waals surface area contributed by atoms with Crippen molar-refractivity contribution in [3.8, 4) is 0 Å². The summed E-state index contributed by atoms with van der Waals surface area (Å²) >= 11 is 0. The van der Waals surface area contributed by atoms with E-state index in [0.29, 0.717) is 11.1 Å².